The molecule has 3 nitrogen and oxygen atoms in total. The van der Waals surface area contributed by atoms with E-state index in [4.69, 9.17) is 0 Å². The number of hydrogen-bond acceptors (Lipinski definition) is 2. The highest BCUT2D eigenvalue weighted by Crippen LogP contribution is 2.27. The summed E-state index contributed by atoms with van der Waals surface area (Å²) in [6, 6.07) is 3.98. The maximum atomic E-state index is 13.6. The van der Waals surface area contributed by atoms with Gasteiger partial charge in [0.2, 0.25) is 0 Å². The predicted octanol–water partition coefficient (Wildman–Crippen LogP) is 3.23. The third kappa shape index (κ3) is 3.25. The molecular weight excluding hydrogens is 245 g/mol. The van der Waals surface area contributed by atoms with Crippen LogP contribution < -0.4 is 5.32 Å². The number of carbonyl (C=O) groups excluding carboxylic acids is 1. The summed E-state index contributed by atoms with van der Waals surface area (Å²) in [7, 11) is 0. The Labute approximate surface area is 112 Å². The van der Waals surface area contributed by atoms with Gasteiger partial charge in [-0.1, -0.05) is 32.3 Å². The molecule has 4 heteroatoms. The predicted molar refractivity (Wildman–Crippen MR) is 71.6 cm³/mol. The molecule has 104 valence electrons. The lowest BCUT2D eigenvalue weighted by molar-refractivity contribution is 0.0912. The summed E-state index contributed by atoms with van der Waals surface area (Å²) in [6.07, 6.45) is 5.27. The standard InChI is InChI=1S/C15H20FNO2/c1-2-10-5-3-6-11(9-10)17-15(19)14-12(16)7-4-8-13(14)18/h4,7-8,10-11,18H,2-3,5-6,9H2,1H3,(H,17,19). The highest BCUT2D eigenvalue weighted by molar-refractivity contribution is 5.97. The molecule has 0 spiro atoms. The summed E-state index contributed by atoms with van der Waals surface area (Å²) < 4.78 is 13.6. The van der Waals surface area contributed by atoms with Crippen molar-refractivity contribution in [1.82, 2.24) is 5.32 Å². The SMILES string of the molecule is CCC1CCCC(NC(=O)c2c(O)cccc2F)C1. The zero-order valence-electron chi connectivity index (χ0n) is 11.2. The lowest BCUT2D eigenvalue weighted by Crippen LogP contribution is -2.38. The quantitative estimate of drug-likeness (QED) is 0.881. The lowest BCUT2D eigenvalue weighted by atomic mass is 9.84. The molecule has 1 aliphatic rings. The molecule has 2 rings (SSSR count). The summed E-state index contributed by atoms with van der Waals surface area (Å²) in [5, 5.41) is 12.4. The van der Waals surface area contributed by atoms with Crippen molar-refractivity contribution >= 4 is 5.91 Å². The minimum Gasteiger partial charge on any atom is -0.507 e. The van der Waals surface area contributed by atoms with Gasteiger partial charge in [0.15, 0.2) is 0 Å². The van der Waals surface area contributed by atoms with Crippen LogP contribution in [0.25, 0.3) is 0 Å². The second kappa shape index (κ2) is 6.04. The number of benzene rings is 1. The van der Waals surface area contributed by atoms with Gasteiger partial charge < -0.3 is 10.4 Å². The molecule has 2 unspecified atom stereocenters. The van der Waals surface area contributed by atoms with Gasteiger partial charge in [-0.15, -0.1) is 0 Å². The zero-order valence-corrected chi connectivity index (χ0v) is 11.2. The van der Waals surface area contributed by atoms with Gasteiger partial charge in [-0.25, -0.2) is 4.39 Å². The second-order valence-electron chi connectivity index (χ2n) is 5.25. The van der Waals surface area contributed by atoms with Gasteiger partial charge in [0, 0.05) is 6.04 Å². The van der Waals surface area contributed by atoms with Crippen LogP contribution in [0, 0.1) is 11.7 Å². The van der Waals surface area contributed by atoms with E-state index in [2.05, 4.69) is 12.2 Å². The maximum Gasteiger partial charge on any atom is 0.258 e. The number of amides is 1. The van der Waals surface area contributed by atoms with Crippen molar-refractivity contribution in [2.45, 2.75) is 45.1 Å². The van der Waals surface area contributed by atoms with E-state index in [0.717, 1.165) is 25.7 Å². The van der Waals surface area contributed by atoms with Gasteiger partial charge in [0.25, 0.3) is 5.91 Å². The lowest BCUT2D eigenvalue weighted by Gasteiger charge is -2.29. The van der Waals surface area contributed by atoms with Crippen LogP contribution >= 0.6 is 0 Å². The van der Waals surface area contributed by atoms with Gasteiger partial charge in [-0.3, -0.25) is 4.79 Å². The van der Waals surface area contributed by atoms with E-state index in [1.807, 2.05) is 0 Å². The fourth-order valence-corrected chi connectivity index (χ4v) is 2.79. The topological polar surface area (TPSA) is 49.3 Å². The third-order valence-corrected chi connectivity index (χ3v) is 3.91. The van der Waals surface area contributed by atoms with E-state index in [1.54, 1.807) is 0 Å². The Morgan fingerprint density at radius 2 is 2.26 bits per heavy atom. The molecule has 0 saturated heterocycles. The maximum absolute atomic E-state index is 13.6. The Hall–Kier alpha value is -1.58. The van der Waals surface area contributed by atoms with E-state index in [9.17, 15) is 14.3 Å². The molecule has 1 fully saturated rings. The average Bonchev–Trinajstić information content (AvgIpc) is 2.38. The van der Waals surface area contributed by atoms with Crippen LogP contribution in [0.15, 0.2) is 18.2 Å². The molecule has 1 aromatic carbocycles. The van der Waals surface area contributed by atoms with Crippen molar-refractivity contribution in [3.05, 3.63) is 29.6 Å². The fourth-order valence-electron chi connectivity index (χ4n) is 2.79. The first-order valence-corrected chi connectivity index (χ1v) is 6.90. The van der Waals surface area contributed by atoms with Crippen LogP contribution in [0.1, 0.15) is 49.4 Å². The molecule has 0 radical (unpaired) electrons. The number of halogens is 1. The normalized spacial score (nSPS) is 23.1. The van der Waals surface area contributed by atoms with Crippen LogP contribution in [-0.4, -0.2) is 17.1 Å². The van der Waals surface area contributed by atoms with Crippen molar-refractivity contribution in [2.24, 2.45) is 5.92 Å². The minimum atomic E-state index is -0.680. The molecule has 19 heavy (non-hydrogen) atoms. The fraction of sp³-hybridized carbons (Fsp3) is 0.533. The summed E-state index contributed by atoms with van der Waals surface area (Å²) in [5.74, 6) is -0.869. The number of phenolic OH excluding ortho intramolecular Hbond substituents is 1. The molecule has 1 saturated carbocycles. The third-order valence-electron chi connectivity index (χ3n) is 3.91. The van der Waals surface area contributed by atoms with Crippen LogP contribution in [0.5, 0.6) is 5.75 Å². The largest absolute Gasteiger partial charge is 0.507 e. The van der Waals surface area contributed by atoms with Crippen molar-refractivity contribution in [2.75, 3.05) is 0 Å². The molecule has 0 aliphatic heterocycles. The Morgan fingerprint density at radius 1 is 1.47 bits per heavy atom. The minimum absolute atomic E-state index is 0.0882. The van der Waals surface area contributed by atoms with Crippen molar-refractivity contribution in [3.8, 4) is 5.75 Å². The monoisotopic (exact) mass is 265 g/mol. The first-order chi connectivity index (χ1) is 9.11. The molecular formula is C15H20FNO2. The Morgan fingerprint density at radius 3 is 2.95 bits per heavy atom. The molecule has 1 aromatic rings. The second-order valence-corrected chi connectivity index (χ2v) is 5.25. The molecule has 2 atom stereocenters. The van der Waals surface area contributed by atoms with Gasteiger partial charge in [0.05, 0.1) is 0 Å². The van der Waals surface area contributed by atoms with Crippen molar-refractivity contribution in [1.29, 1.82) is 0 Å². The van der Waals surface area contributed by atoms with Crippen LogP contribution in [0.3, 0.4) is 0 Å². The molecule has 2 N–H and O–H groups in total. The van der Waals surface area contributed by atoms with Gasteiger partial charge >= 0.3 is 0 Å². The van der Waals surface area contributed by atoms with Crippen LogP contribution in [0.2, 0.25) is 0 Å². The Balaban J connectivity index is 2.05. The molecule has 0 heterocycles. The van der Waals surface area contributed by atoms with Gasteiger partial charge in [-0.2, -0.15) is 0 Å². The first-order valence-electron chi connectivity index (χ1n) is 6.90. The van der Waals surface area contributed by atoms with Crippen LogP contribution in [0.4, 0.5) is 4.39 Å². The van der Waals surface area contributed by atoms with Gasteiger partial charge in [0.1, 0.15) is 17.1 Å². The number of aromatic hydroxyl groups is 1. The van der Waals surface area contributed by atoms with E-state index >= 15 is 0 Å². The Bertz CT molecular complexity index is 441. The number of carbonyl (C=O) groups is 1. The molecule has 1 amide bonds. The average molecular weight is 265 g/mol. The van der Waals surface area contributed by atoms with Crippen molar-refractivity contribution in [3.63, 3.8) is 0 Å². The highest BCUT2D eigenvalue weighted by Gasteiger charge is 2.24. The zero-order chi connectivity index (χ0) is 13.8. The summed E-state index contributed by atoms with van der Waals surface area (Å²) >= 11 is 0. The van der Waals surface area contributed by atoms with Gasteiger partial charge in [-0.05, 0) is 30.9 Å². The number of nitrogens with one attached hydrogen (secondary N) is 1. The summed E-state index contributed by atoms with van der Waals surface area (Å²) in [6.45, 7) is 2.15. The Kier molecular flexibility index (Phi) is 4.40. The molecule has 1 aliphatic carbocycles. The van der Waals surface area contributed by atoms with Crippen LogP contribution in [-0.2, 0) is 0 Å². The molecule has 0 bridgehead atoms. The number of hydrogen-bond donors (Lipinski definition) is 2. The number of rotatable bonds is 3. The van der Waals surface area contributed by atoms with Crippen molar-refractivity contribution < 1.29 is 14.3 Å². The smallest absolute Gasteiger partial charge is 0.258 e. The number of phenols is 1. The summed E-state index contributed by atoms with van der Waals surface area (Å²) in [5.41, 5.74) is -0.249. The first kappa shape index (κ1) is 13.8. The van der Waals surface area contributed by atoms with E-state index in [0.29, 0.717) is 5.92 Å². The molecule has 0 aromatic heterocycles. The van der Waals surface area contributed by atoms with E-state index < -0.39 is 11.7 Å². The summed E-state index contributed by atoms with van der Waals surface area (Å²) in [4.78, 5) is 12.0. The highest BCUT2D eigenvalue weighted by atomic mass is 19.1. The van der Waals surface area contributed by atoms with E-state index in [1.165, 1.54) is 24.6 Å². The van der Waals surface area contributed by atoms with E-state index in [-0.39, 0.29) is 17.4 Å².